The second-order valence-corrected chi connectivity index (χ2v) is 10.3. The molecule has 12 heteroatoms. The largest absolute Gasteiger partial charge is 0.435 e. The maximum absolute atomic E-state index is 14.3. The Bertz CT molecular complexity index is 1540. The average Bonchev–Trinajstić information content (AvgIpc) is 3.15. The van der Waals surface area contributed by atoms with E-state index in [2.05, 4.69) is 14.8 Å². The third-order valence-corrected chi connectivity index (χ3v) is 6.40. The van der Waals surface area contributed by atoms with Crippen LogP contribution in [-0.2, 0) is 10.0 Å². The average molecular weight is 525 g/mol. The number of anilines is 2. The van der Waals surface area contributed by atoms with E-state index in [0.717, 1.165) is 41.9 Å². The van der Waals surface area contributed by atoms with Crippen molar-refractivity contribution in [1.82, 2.24) is 0 Å². The minimum atomic E-state index is -3.48. The molecular formula is C23H16F4N2O4S2. The van der Waals surface area contributed by atoms with Crippen molar-refractivity contribution in [3.63, 3.8) is 0 Å². The van der Waals surface area contributed by atoms with Gasteiger partial charge in [-0.15, -0.1) is 11.3 Å². The molecule has 0 radical (unpaired) electrons. The number of thiophene rings is 1. The molecule has 0 fully saturated rings. The quantitative estimate of drug-likeness (QED) is 0.288. The Kier molecular flexibility index (Phi) is 6.68. The molecule has 182 valence electrons. The highest BCUT2D eigenvalue weighted by molar-refractivity contribution is 7.92. The van der Waals surface area contributed by atoms with Gasteiger partial charge in [0.15, 0.2) is 0 Å². The number of benzene rings is 3. The van der Waals surface area contributed by atoms with E-state index < -0.39 is 34.2 Å². The molecule has 0 atom stereocenters. The first-order chi connectivity index (χ1) is 16.5. The molecule has 35 heavy (non-hydrogen) atoms. The third kappa shape index (κ3) is 6.08. The van der Waals surface area contributed by atoms with Gasteiger partial charge in [-0.3, -0.25) is 9.52 Å². The zero-order chi connectivity index (χ0) is 25.3. The Hall–Kier alpha value is -3.64. The number of hydrogen-bond donors (Lipinski definition) is 2. The second-order valence-electron chi connectivity index (χ2n) is 7.44. The van der Waals surface area contributed by atoms with E-state index in [1.54, 1.807) is 24.3 Å². The van der Waals surface area contributed by atoms with Gasteiger partial charge in [-0.1, -0.05) is 0 Å². The topological polar surface area (TPSA) is 84.5 Å². The van der Waals surface area contributed by atoms with Crippen molar-refractivity contribution >= 4 is 48.7 Å². The molecule has 0 saturated carbocycles. The Labute approximate surface area is 201 Å². The number of carbonyl (C=O) groups excluding carboxylic acids is 1. The van der Waals surface area contributed by atoms with Crippen LogP contribution in [0.1, 0.15) is 9.67 Å². The van der Waals surface area contributed by atoms with Crippen molar-refractivity contribution in [2.24, 2.45) is 0 Å². The molecule has 6 nitrogen and oxygen atoms in total. The number of hydrogen-bond acceptors (Lipinski definition) is 5. The van der Waals surface area contributed by atoms with Gasteiger partial charge in [0.2, 0.25) is 10.0 Å². The fraction of sp³-hybridized carbons (Fsp3) is 0.0870. The fourth-order valence-corrected chi connectivity index (χ4v) is 4.84. The second kappa shape index (κ2) is 9.55. The molecule has 0 aliphatic heterocycles. The first-order valence-electron chi connectivity index (χ1n) is 9.85. The molecule has 4 aromatic rings. The van der Waals surface area contributed by atoms with Crippen molar-refractivity contribution in [2.45, 2.75) is 6.61 Å². The van der Waals surface area contributed by atoms with Gasteiger partial charge in [-0.2, -0.15) is 8.78 Å². The Balaban J connectivity index is 1.65. The lowest BCUT2D eigenvalue weighted by atomic mass is 10.0. The summed E-state index contributed by atoms with van der Waals surface area (Å²) in [5.41, 5.74) is 0.384. The Morgan fingerprint density at radius 2 is 1.74 bits per heavy atom. The molecule has 0 unspecified atom stereocenters. The van der Waals surface area contributed by atoms with Crippen LogP contribution in [0.4, 0.5) is 28.9 Å². The number of nitrogens with one attached hydrogen (secondary N) is 2. The molecule has 1 aromatic heterocycles. The van der Waals surface area contributed by atoms with Crippen LogP contribution in [0.15, 0.2) is 60.7 Å². The first kappa shape index (κ1) is 24.5. The summed E-state index contributed by atoms with van der Waals surface area (Å²) in [6.45, 7) is -3.16. The molecule has 0 spiro atoms. The van der Waals surface area contributed by atoms with Crippen molar-refractivity contribution in [3.05, 3.63) is 77.2 Å². The molecule has 1 amide bonds. The van der Waals surface area contributed by atoms with Crippen LogP contribution in [0.25, 0.3) is 21.2 Å². The lowest BCUT2D eigenvalue weighted by Gasteiger charge is -2.12. The number of ether oxygens (including phenoxy) is 1. The zero-order valence-corrected chi connectivity index (χ0v) is 19.4. The monoisotopic (exact) mass is 524 g/mol. The fourth-order valence-electron chi connectivity index (χ4n) is 3.35. The van der Waals surface area contributed by atoms with E-state index in [1.807, 2.05) is 0 Å². The van der Waals surface area contributed by atoms with Crippen LogP contribution in [-0.4, -0.2) is 27.2 Å². The predicted octanol–water partition coefficient (Wildman–Crippen LogP) is 6.07. The number of amides is 1. The molecule has 0 aliphatic carbocycles. The Morgan fingerprint density at radius 3 is 2.43 bits per heavy atom. The van der Waals surface area contributed by atoms with Gasteiger partial charge in [0.25, 0.3) is 5.91 Å². The highest BCUT2D eigenvalue weighted by atomic mass is 32.2. The summed E-state index contributed by atoms with van der Waals surface area (Å²) < 4.78 is 83.6. The van der Waals surface area contributed by atoms with Gasteiger partial charge >= 0.3 is 6.61 Å². The van der Waals surface area contributed by atoms with E-state index in [9.17, 15) is 30.8 Å². The molecule has 0 bridgehead atoms. The van der Waals surface area contributed by atoms with Crippen molar-refractivity contribution in [3.8, 4) is 16.9 Å². The number of carbonyl (C=O) groups is 1. The van der Waals surface area contributed by atoms with E-state index in [0.29, 0.717) is 21.8 Å². The lowest BCUT2D eigenvalue weighted by Crippen LogP contribution is -2.11. The predicted molar refractivity (Wildman–Crippen MR) is 127 cm³/mol. The minimum absolute atomic E-state index is 0.0452. The standard InChI is InChI=1S/C23H16F4N2O4S2/c1-35(31,32)29-15-3-5-20-13(7-15)9-21(34-20)22(30)28-16-6-12(8-17(11-16)33-23(26)27)18-4-2-14(24)10-19(18)25/h2-11,23,29H,1H3,(H,28,30). The maximum Gasteiger partial charge on any atom is 0.387 e. The molecule has 2 N–H and O–H groups in total. The van der Waals surface area contributed by atoms with E-state index in [4.69, 9.17) is 0 Å². The SMILES string of the molecule is CS(=O)(=O)Nc1ccc2sc(C(=O)Nc3cc(OC(F)F)cc(-c4ccc(F)cc4F)c3)cc2c1. The highest BCUT2D eigenvalue weighted by Gasteiger charge is 2.16. The number of halogens is 4. The van der Waals surface area contributed by atoms with Crippen LogP contribution in [0.5, 0.6) is 5.75 Å². The van der Waals surface area contributed by atoms with Gasteiger partial charge in [0.05, 0.1) is 11.1 Å². The molecule has 0 aliphatic rings. The van der Waals surface area contributed by atoms with E-state index in [-0.39, 0.29) is 27.4 Å². The van der Waals surface area contributed by atoms with Gasteiger partial charge in [0, 0.05) is 33.8 Å². The van der Waals surface area contributed by atoms with Crippen molar-refractivity contribution in [1.29, 1.82) is 0 Å². The first-order valence-corrected chi connectivity index (χ1v) is 12.6. The highest BCUT2D eigenvalue weighted by Crippen LogP contribution is 2.33. The summed E-state index contributed by atoms with van der Waals surface area (Å²) in [7, 11) is -3.48. The number of fused-ring (bicyclic) bond motifs is 1. The number of alkyl halides is 2. The van der Waals surface area contributed by atoms with Gasteiger partial charge < -0.3 is 10.1 Å². The van der Waals surface area contributed by atoms with Gasteiger partial charge in [-0.05, 0) is 59.5 Å². The van der Waals surface area contributed by atoms with Crippen LogP contribution in [0.2, 0.25) is 0 Å². The lowest BCUT2D eigenvalue weighted by molar-refractivity contribution is -0.0497. The smallest absolute Gasteiger partial charge is 0.387 e. The summed E-state index contributed by atoms with van der Waals surface area (Å²) in [5.74, 6) is -2.63. The molecule has 0 saturated heterocycles. The normalized spacial score (nSPS) is 11.6. The van der Waals surface area contributed by atoms with Crippen LogP contribution >= 0.6 is 11.3 Å². The number of rotatable bonds is 7. The Morgan fingerprint density at radius 1 is 0.971 bits per heavy atom. The number of sulfonamides is 1. The third-order valence-electron chi connectivity index (χ3n) is 4.68. The maximum atomic E-state index is 14.3. The van der Waals surface area contributed by atoms with Crippen LogP contribution < -0.4 is 14.8 Å². The molecule has 4 rings (SSSR count). The van der Waals surface area contributed by atoms with Crippen LogP contribution in [0.3, 0.4) is 0 Å². The molecule has 3 aromatic carbocycles. The summed E-state index contributed by atoms with van der Waals surface area (Å²) >= 11 is 1.13. The summed E-state index contributed by atoms with van der Waals surface area (Å²) in [6, 6.07) is 12.8. The molecule has 1 heterocycles. The van der Waals surface area contributed by atoms with Gasteiger partial charge in [-0.25, -0.2) is 17.2 Å². The van der Waals surface area contributed by atoms with Crippen molar-refractivity contribution < 1.29 is 35.5 Å². The summed E-state index contributed by atoms with van der Waals surface area (Å²) in [6.07, 6.45) is 1.02. The van der Waals surface area contributed by atoms with E-state index >= 15 is 0 Å². The summed E-state index contributed by atoms with van der Waals surface area (Å²) in [5, 5.41) is 3.17. The van der Waals surface area contributed by atoms with E-state index in [1.165, 1.54) is 6.07 Å². The van der Waals surface area contributed by atoms with Crippen molar-refractivity contribution in [2.75, 3.05) is 16.3 Å². The van der Waals surface area contributed by atoms with Gasteiger partial charge in [0.1, 0.15) is 17.4 Å². The summed E-state index contributed by atoms with van der Waals surface area (Å²) in [4.78, 5) is 13.1. The zero-order valence-electron chi connectivity index (χ0n) is 17.8. The van der Waals surface area contributed by atoms with Crippen LogP contribution in [0, 0.1) is 11.6 Å². The molecular weight excluding hydrogens is 508 g/mol. The minimum Gasteiger partial charge on any atom is -0.435 e.